The maximum Gasteiger partial charge on any atom is 0.350 e. The van der Waals surface area contributed by atoms with E-state index in [1.54, 1.807) is 20.2 Å². The summed E-state index contributed by atoms with van der Waals surface area (Å²) < 4.78 is 9.93. The molecule has 0 aliphatic carbocycles. The summed E-state index contributed by atoms with van der Waals surface area (Å²) in [5, 5.41) is 3.08. The number of nitrogens with zero attached hydrogens (tertiary/aromatic N) is 1. The summed E-state index contributed by atoms with van der Waals surface area (Å²) in [6, 6.07) is 1.16. The van der Waals surface area contributed by atoms with Crippen LogP contribution in [-0.2, 0) is 14.3 Å². The zero-order valence-corrected chi connectivity index (χ0v) is 15.7. The number of hydrogen-bond donors (Lipinski definition) is 1. The monoisotopic (exact) mass is 352 g/mol. The predicted molar refractivity (Wildman–Crippen MR) is 95.4 cm³/mol. The molecular formula is C17H24N2O4S. The minimum atomic E-state index is -0.603. The van der Waals surface area contributed by atoms with Gasteiger partial charge in [-0.25, -0.2) is 4.79 Å². The maximum atomic E-state index is 12.3. The van der Waals surface area contributed by atoms with E-state index in [4.69, 9.17) is 9.47 Å². The molecule has 1 aromatic heterocycles. The number of methoxy groups -OCH3 is 2. The zero-order chi connectivity index (χ0) is 18.3. The van der Waals surface area contributed by atoms with Gasteiger partial charge in [-0.15, -0.1) is 11.3 Å². The number of carbonyl (C=O) groups is 2. The number of hydrogen-bond acceptors (Lipinski definition) is 6. The first-order valence-corrected chi connectivity index (χ1v) is 8.32. The van der Waals surface area contributed by atoms with Gasteiger partial charge in [-0.3, -0.25) is 4.79 Å². The topological polar surface area (TPSA) is 67.9 Å². The highest BCUT2D eigenvalue weighted by atomic mass is 32.1. The molecule has 7 heteroatoms. The fraction of sp³-hybridized carbons (Fsp3) is 0.529. The highest BCUT2D eigenvalue weighted by molar-refractivity contribution is 7.15. The number of amides is 1. The quantitative estimate of drug-likeness (QED) is 0.627. The zero-order valence-electron chi connectivity index (χ0n) is 14.9. The number of likely N-dealkylation sites (N-methyl/N-ethyl adjacent to an activating group) is 1. The Kier molecular flexibility index (Phi) is 7.75. The Morgan fingerprint density at radius 3 is 2.50 bits per heavy atom. The average Bonchev–Trinajstić information content (AvgIpc) is 2.93. The van der Waals surface area contributed by atoms with Gasteiger partial charge in [-0.05, 0) is 6.07 Å². The first kappa shape index (κ1) is 20.0. The van der Waals surface area contributed by atoms with E-state index in [1.165, 1.54) is 30.5 Å². The number of anilines is 1. The molecule has 0 fully saturated rings. The van der Waals surface area contributed by atoms with Crippen molar-refractivity contribution in [3.63, 3.8) is 0 Å². The molecule has 0 aliphatic rings. The van der Waals surface area contributed by atoms with Gasteiger partial charge in [-0.2, -0.15) is 0 Å². The van der Waals surface area contributed by atoms with Gasteiger partial charge in [-0.1, -0.05) is 25.7 Å². The molecule has 1 unspecified atom stereocenters. The lowest BCUT2D eigenvalue weighted by atomic mass is 10.2. The first-order chi connectivity index (χ1) is 11.3. The summed E-state index contributed by atoms with van der Waals surface area (Å²) in [6.07, 6.45) is 0. The van der Waals surface area contributed by atoms with Gasteiger partial charge in [0, 0.05) is 27.1 Å². The van der Waals surface area contributed by atoms with Crippen LogP contribution in [-0.4, -0.2) is 57.7 Å². The van der Waals surface area contributed by atoms with Crippen molar-refractivity contribution in [3.8, 4) is 11.8 Å². The van der Waals surface area contributed by atoms with Crippen molar-refractivity contribution in [3.05, 3.63) is 15.8 Å². The van der Waals surface area contributed by atoms with Crippen LogP contribution >= 0.6 is 11.3 Å². The van der Waals surface area contributed by atoms with E-state index in [0.717, 1.165) is 4.88 Å². The van der Waals surface area contributed by atoms with Gasteiger partial charge >= 0.3 is 5.97 Å². The van der Waals surface area contributed by atoms with E-state index < -0.39 is 12.0 Å². The summed E-state index contributed by atoms with van der Waals surface area (Å²) in [5.41, 5.74) is 0.525. The number of ether oxygens (including phenoxy) is 2. The van der Waals surface area contributed by atoms with E-state index in [9.17, 15) is 9.59 Å². The second kappa shape index (κ2) is 9.30. The summed E-state index contributed by atoms with van der Waals surface area (Å²) in [6.45, 7) is 4.16. The molecular weight excluding hydrogens is 328 g/mol. The predicted octanol–water partition coefficient (Wildman–Crippen LogP) is 2.06. The van der Waals surface area contributed by atoms with Crippen LogP contribution in [0.15, 0.2) is 6.07 Å². The molecule has 24 heavy (non-hydrogen) atoms. The summed E-state index contributed by atoms with van der Waals surface area (Å²) in [4.78, 5) is 26.9. The third-order valence-corrected chi connectivity index (χ3v) is 4.02. The Hall–Kier alpha value is -2.04. The fourth-order valence-corrected chi connectivity index (χ4v) is 2.76. The molecule has 0 saturated carbocycles. The fourth-order valence-electron chi connectivity index (χ4n) is 1.86. The Morgan fingerprint density at radius 1 is 1.33 bits per heavy atom. The Balaban J connectivity index is 3.17. The molecule has 0 radical (unpaired) electrons. The summed E-state index contributed by atoms with van der Waals surface area (Å²) in [5.74, 6) is 5.71. The van der Waals surface area contributed by atoms with Crippen molar-refractivity contribution in [1.82, 2.24) is 4.90 Å². The molecule has 0 aromatic carbocycles. The molecule has 0 spiro atoms. The van der Waals surface area contributed by atoms with E-state index in [1.807, 2.05) is 13.8 Å². The molecule has 1 N–H and O–H groups in total. The van der Waals surface area contributed by atoms with Gasteiger partial charge in [0.2, 0.25) is 5.91 Å². The highest BCUT2D eigenvalue weighted by Crippen LogP contribution is 2.28. The summed E-state index contributed by atoms with van der Waals surface area (Å²) in [7, 11) is 6.18. The molecule has 1 atom stereocenters. The minimum absolute atomic E-state index is 0.145. The van der Waals surface area contributed by atoms with Crippen LogP contribution in [0, 0.1) is 17.8 Å². The van der Waals surface area contributed by atoms with Gasteiger partial charge < -0.3 is 19.7 Å². The lowest BCUT2D eigenvalue weighted by Crippen LogP contribution is -2.42. The molecule has 1 heterocycles. The van der Waals surface area contributed by atoms with Crippen LogP contribution in [0.1, 0.15) is 28.4 Å². The molecule has 1 aromatic rings. The smallest absolute Gasteiger partial charge is 0.350 e. The lowest BCUT2D eigenvalue weighted by Gasteiger charge is -2.21. The Morgan fingerprint density at radius 2 is 2.00 bits per heavy atom. The molecule has 1 amide bonds. The average molecular weight is 352 g/mol. The largest absolute Gasteiger partial charge is 0.465 e. The number of nitrogens with one attached hydrogen (secondary N) is 1. The normalized spacial score (nSPS) is 11.5. The van der Waals surface area contributed by atoms with E-state index >= 15 is 0 Å². The molecule has 0 aliphatic heterocycles. The number of esters is 1. The van der Waals surface area contributed by atoms with Crippen LogP contribution in [0.3, 0.4) is 0 Å². The summed E-state index contributed by atoms with van der Waals surface area (Å²) >= 11 is 1.24. The first-order valence-electron chi connectivity index (χ1n) is 7.50. The molecule has 0 bridgehead atoms. The second-order valence-electron chi connectivity index (χ2n) is 5.65. The van der Waals surface area contributed by atoms with Gasteiger partial charge in [0.1, 0.15) is 10.9 Å². The van der Waals surface area contributed by atoms with Crippen molar-refractivity contribution < 1.29 is 19.1 Å². The number of carbonyl (C=O) groups excluding carboxylic acids is 2. The third kappa shape index (κ3) is 5.55. The Labute approximate surface area is 147 Å². The second-order valence-corrected chi connectivity index (χ2v) is 6.71. The molecule has 6 nitrogen and oxygen atoms in total. The van der Waals surface area contributed by atoms with Crippen molar-refractivity contribution in [2.45, 2.75) is 19.9 Å². The molecule has 132 valence electrons. The van der Waals surface area contributed by atoms with Gasteiger partial charge in [0.25, 0.3) is 0 Å². The van der Waals surface area contributed by atoms with Crippen LogP contribution in [0.4, 0.5) is 5.69 Å². The molecule has 0 saturated heterocycles. The maximum absolute atomic E-state index is 12.3. The standard InChI is InChI=1S/C17H24N2O4S/c1-11(2)7-8-12-9-13(15(24-12)17(21)23-6)18-14(10-22-5)16(20)19(3)4/h9,11,14,18H,10H2,1-6H3. The lowest BCUT2D eigenvalue weighted by molar-refractivity contribution is -0.130. The van der Waals surface area contributed by atoms with Crippen molar-refractivity contribution in [2.24, 2.45) is 5.92 Å². The van der Waals surface area contributed by atoms with Crippen LogP contribution in [0.25, 0.3) is 0 Å². The number of rotatable bonds is 6. The van der Waals surface area contributed by atoms with Crippen LogP contribution in [0.2, 0.25) is 0 Å². The van der Waals surface area contributed by atoms with E-state index in [0.29, 0.717) is 10.6 Å². The molecule has 1 rings (SSSR count). The van der Waals surface area contributed by atoms with Crippen molar-refractivity contribution >= 4 is 28.9 Å². The van der Waals surface area contributed by atoms with E-state index in [-0.39, 0.29) is 18.4 Å². The SMILES string of the molecule is COCC(Nc1cc(C#CC(C)C)sc1C(=O)OC)C(=O)N(C)C. The van der Waals surface area contributed by atoms with Crippen LogP contribution in [0.5, 0.6) is 0 Å². The number of thiophene rings is 1. The van der Waals surface area contributed by atoms with Crippen LogP contribution < -0.4 is 5.32 Å². The van der Waals surface area contributed by atoms with E-state index in [2.05, 4.69) is 17.2 Å². The van der Waals surface area contributed by atoms with Gasteiger partial charge in [0.05, 0.1) is 24.3 Å². The third-order valence-electron chi connectivity index (χ3n) is 2.99. The highest BCUT2D eigenvalue weighted by Gasteiger charge is 2.24. The van der Waals surface area contributed by atoms with Crippen molar-refractivity contribution in [2.75, 3.05) is 40.2 Å². The Bertz CT molecular complexity index is 641. The van der Waals surface area contributed by atoms with Crippen molar-refractivity contribution in [1.29, 1.82) is 0 Å². The van der Waals surface area contributed by atoms with Gasteiger partial charge in [0.15, 0.2) is 0 Å². The minimum Gasteiger partial charge on any atom is -0.465 e.